The molecular weight excluding hydrogens is 589 g/mol. The van der Waals surface area contributed by atoms with Gasteiger partial charge >= 0.3 is 0 Å². The fourth-order valence-electron chi connectivity index (χ4n) is 8.68. The summed E-state index contributed by atoms with van der Waals surface area (Å²) in [5, 5.41) is 9.47. The number of benzene rings is 9. The summed E-state index contributed by atoms with van der Waals surface area (Å²) in [7, 11) is 0. The van der Waals surface area contributed by atoms with Crippen LogP contribution in [0.4, 0.5) is 0 Å². The van der Waals surface area contributed by atoms with E-state index >= 15 is 0 Å². The standard InChI is InChI=1S/C49H34/c1-49(2)44-26-13-12-23-42(44)47-34(31-15-4-3-5-16-31)29-30-43(48(47)49)46-40-21-10-8-19-38(40)45(39-20-9-11-22-41(39)46)37-25-14-24-35-33-18-7-6-17-32(33)27-28-36(35)37/h3-30H,1-2H3/i3D,4D,5D,15D,16D. The van der Waals surface area contributed by atoms with Gasteiger partial charge in [0.15, 0.2) is 0 Å². The zero-order valence-corrected chi connectivity index (χ0v) is 27.3. The number of hydrogen-bond donors (Lipinski definition) is 0. The zero-order valence-electron chi connectivity index (χ0n) is 32.3. The van der Waals surface area contributed by atoms with Crippen LogP contribution in [0, 0.1) is 0 Å². The van der Waals surface area contributed by atoms with Crippen molar-refractivity contribution in [3.63, 3.8) is 0 Å². The SMILES string of the molecule is [2H]c1c([2H])c([2H])c(-c2ccc(-c3c4ccccc4c(-c4cccc5c4ccc4ccccc45)c4ccccc34)c3c2-c2ccccc2C3(C)C)c([2H])c1[2H]. The van der Waals surface area contributed by atoms with Gasteiger partial charge in [-0.2, -0.15) is 0 Å². The van der Waals surface area contributed by atoms with Gasteiger partial charge in [0.25, 0.3) is 0 Å². The lowest BCUT2D eigenvalue weighted by atomic mass is 9.76. The van der Waals surface area contributed by atoms with Gasteiger partial charge in [0, 0.05) is 5.41 Å². The number of rotatable bonds is 3. The maximum absolute atomic E-state index is 8.99. The molecule has 0 saturated carbocycles. The molecule has 0 N–H and O–H groups in total. The normalized spacial score (nSPS) is 14.7. The van der Waals surface area contributed by atoms with Crippen LogP contribution >= 0.6 is 0 Å². The molecule has 0 bridgehead atoms. The molecule has 0 unspecified atom stereocenters. The molecule has 0 heteroatoms. The Morgan fingerprint density at radius 3 is 1.65 bits per heavy atom. The van der Waals surface area contributed by atoms with Crippen LogP contribution < -0.4 is 0 Å². The van der Waals surface area contributed by atoms with Crippen LogP contribution in [0.15, 0.2) is 170 Å². The third-order valence-corrected chi connectivity index (χ3v) is 10.7. The van der Waals surface area contributed by atoms with E-state index in [9.17, 15) is 0 Å². The van der Waals surface area contributed by atoms with Crippen molar-refractivity contribution < 1.29 is 6.85 Å². The average Bonchev–Trinajstić information content (AvgIpc) is 3.45. The molecule has 0 radical (unpaired) electrons. The van der Waals surface area contributed by atoms with Gasteiger partial charge in [0.05, 0.1) is 6.85 Å². The lowest BCUT2D eigenvalue weighted by molar-refractivity contribution is 0.662. The van der Waals surface area contributed by atoms with Crippen LogP contribution in [0.1, 0.15) is 31.8 Å². The Kier molecular flexibility index (Phi) is 5.01. The summed E-state index contributed by atoms with van der Waals surface area (Å²) in [5.41, 5.74) is 9.18. The van der Waals surface area contributed by atoms with Gasteiger partial charge in [0.2, 0.25) is 0 Å². The molecule has 230 valence electrons. The second-order valence-corrected chi connectivity index (χ2v) is 13.6. The van der Waals surface area contributed by atoms with Crippen molar-refractivity contribution in [2.24, 2.45) is 0 Å². The minimum Gasteiger partial charge on any atom is -0.0622 e. The summed E-state index contributed by atoms with van der Waals surface area (Å²) in [6.45, 7) is 4.48. The van der Waals surface area contributed by atoms with Crippen molar-refractivity contribution in [2.45, 2.75) is 19.3 Å². The Bertz CT molecular complexity index is 3000. The molecule has 0 saturated heterocycles. The molecule has 0 spiro atoms. The summed E-state index contributed by atoms with van der Waals surface area (Å²) in [6, 6.07) is 48.1. The van der Waals surface area contributed by atoms with E-state index in [1.165, 1.54) is 32.7 Å². The highest BCUT2D eigenvalue weighted by Crippen LogP contribution is 2.57. The van der Waals surface area contributed by atoms with E-state index in [0.29, 0.717) is 5.56 Å². The van der Waals surface area contributed by atoms with E-state index in [1.54, 1.807) is 0 Å². The van der Waals surface area contributed by atoms with E-state index < -0.39 is 5.41 Å². The van der Waals surface area contributed by atoms with Gasteiger partial charge < -0.3 is 0 Å². The molecule has 1 aliphatic carbocycles. The Labute approximate surface area is 294 Å². The molecule has 10 rings (SSSR count). The number of fused-ring (bicyclic) bond motifs is 8. The molecule has 0 nitrogen and oxygen atoms in total. The molecule has 9 aromatic rings. The number of hydrogen-bond acceptors (Lipinski definition) is 0. The summed E-state index contributed by atoms with van der Waals surface area (Å²) in [4.78, 5) is 0. The quantitative estimate of drug-likeness (QED) is 0.135. The largest absolute Gasteiger partial charge is 0.0629 e. The minimum atomic E-state index is -0.456. The molecule has 1 aliphatic rings. The van der Waals surface area contributed by atoms with Crippen molar-refractivity contribution >= 4 is 43.1 Å². The zero-order chi connectivity index (χ0) is 37.0. The van der Waals surface area contributed by atoms with Crippen molar-refractivity contribution in [1.82, 2.24) is 0 Å². The van der Waals surface area contributed by atoms with Crippen molar-refractivity contribution in [2.75, 3.05) is 0 Å². The fourth-order valence-corrected chi connectivity index (χ4v) is 8.68. The smallest absolute Gasteiger partial charge is 0.0622 e. The fraction of sp³-hybridized carbons (Fsp3) is 0.0612. The highest BCUT2D eigenvalue weighted by atomic mass is 14.4. The molecule has 0 aromatic heterocycles. The molecular formula is C49H34. The third-order valence-electron chi connectivity index (χ3n) is 10.7. The van der Waals surface area contributed by atoms with E-state index in [1.807, 2.05) is 12.1 Å². The first-order chi connectivity index (χ1) is 26.2. The maximum atomic E-state index is 8.99. The van der Waals surface area contributed by atoms with Gasteiger partial charge in [-0.25, -0.2) is 0 Å². The van der Waals surface area contributed by atoms with Crippen LogP contribution in [0.25, 0.3) is 87.6 Å². The minimum absolute atomic E-state index is 0.193. The summed E-state index contributed by atoms with van der Waals surface area (Å²) >= 11 is 0. The summed E-state index contributed by atoms with van der Waals surface area (Å²) in [6.07, 6.45) is 0. The first-order valence-electron chi connectivity index (χ1n) is 19.4. The van der Waals surface area contributed by atoms with E-state index in [-0.39, 0.29) is 35.8 Å². The van der Waals surface area contributed by atoms with Crippen LogP contribution in [-0.2, 0) is 5.41 Å². The van der Waals surface area contributed by atoms with Crippen LogP contribution in [0.2, 0.25) is 0 Å². The summed E-state index contributed by atoms with van der Waals surface area (Å²) in [5.74, 6) is 0. The first-order valence-corrected chi connectivity index (χ1v) is 16.9. The van der Waals surface area contributed by atoms with Crippen molar-refractivity contribution in [3.8, 4) is 44.5 Å². The van der Waals surface area contributed by atoms with Crippen LogP contribution in [0.5, 0.6) is 0 Å². The lowest BCUT2D eigenvalue weighted by Crippen LogP contribution is -2.16. The molecule has 0 atom stereocenters. The van der Waals surface area contributed by atoms with Gasteiger partial charge in [-0.05, 0) is 98.7 Å². The molecule has 0 aliphatic heterocycles. The average molecular weight is 628 g/mol. The molecule has 0 amide bonds. The first kappa shape index (κ1) is 23.4. The van der Waals surface area contributed by atoms with Gasteiger partial charge in [0.1, 0.15) is 0 Å². The Morgan fingerprint density at radius 2 is 0.939 bits per heavy atom. The molecule has 49 heavy (non-hydrogen) atoms. The predicted molar refractivity (Wildman–Crippen MR) is 210 cm³/mol. The van der Waals surface area contributed by atoms with E-state index in [2.05, 4.69) is 141 Å². The maximum Gasteiger partial charge on any atom is 0.0629 e. The predicted octanol–water partition coefficient (Wildman–Crippen LogP) is 13.6. The van der Waals surface area contributed by atoms with Gasteiger partial charge in [-0.1, -0.05) is 184 Å². The van der Waals surface area contributed by atoms with Crippen LogP contribution in [0.3, 0.4) is 0 Å². The topological polar surface area (TPSA) is 0 Å². The molecule has 0 fully saturated rings. The summed E-state index contributed by atoms with van der Waals surface area (Å²) < 4.78 is 43.3. The van der Waals surface area contributed by atoms with E-state index in [0.717, 1.165) is 54.9 Å². The highest BCUT2D eigenvalue weighted by Gasteiger charge is 2.39. The van der Waals surface area contributed by atoms with Crippen LogP contribution in [-0.4, -0.2) is 0 Å². The Balaban J connectivity index is 1.34. The Morgan fingerprint density at radius 1 is 0.388 bits per heavy atom. The lowest BCUT2D eigenvalue weighted by Gasteiger charge is -2.27. The van der Waals surface area contributed by atoms with Crippen molar-refractivity contribution in [3.05, 3.63) is 181 Å². The second-order valence-electron chi connectivity index (χ2n) is 13.6. The highest BCUT2D eigenvalue weighted by molar-refractivity contribution is 6.25. The second kappa shape index (κ2) is 10.5. The monoisotopic (exact) mass is 627 g/mol. The van der Waals surface area contributed by atoms with Gasteiger partial charge in [-0.15, -0.1) is 0 Å². The van der Waals surface area contributed by atoms with Crippen molar-refractivity contribution in [1.29, 1.82) is 0 Å². The molecule has 0 heterocycles. The van der Waals surface area contributed by atoms with E-state index in [4.69, 9.17) is 6.85 Å². The molecule has 9 aromatic carbocycles. The third kappa shape index (κ3) is 3.98. The Hall–Kier alpha value is -5.98. The van der Waals surface area contributed by atoms with Gasteiger partial charge in [-0.3, -0.25) is 0 Å².